The van der Waals surface area contributed by atoms with E-state index in [1.54, 1.807) is 6.07 Å². The molecule has 0 amide bonds. The first-order chi connectivity index (χ1) is 10.8. The molecular weight excluding hydrogens is 410 g/mol. The highest BCUT2D eigenvalue weighted by molar-refractivity contribution is 14.1. The fourth-order valence-electron chi connectivity index (χ4n) is 2.89. The molecule has 0 radical (unpaired) electrons. The Balaban J connectivity index is 2.47. The maximum atomic E-state index is 14.8. The zero-order valence-electron chi connectivity index (χ0n) is 12.1. The Morgan fingerprint density at radius 3 is 2.65 bits per heavy atom. The van der Waals surface area contributed by atoms with E-state index in [0.717, 1.165) is 5.56 Å². The molecule has 0 heterocycles. The topological polar surface area (TPSA) is 122 Å². The van der Waals surface area contributed by atoms with E-state index in [1.807, 2.05) is 28.7 Å². The Hall–Kier alpha value is -1.87. The summed E-state index contributed by atoms with van der Waals surface area (Å²) in [7, 11) is 0. The molecule has 0 saturated heterocycles. The average Bonchev–Trinajstić information content (AvgIpc) is 2.70. The summed E-state index contributed by atoms with van der Waals surface area (Å²) in [5, 5.41) is 18.4. The van der Waals surface area contributed by atoms with Gasteiger partial charge in [0.2, 0.25) is 0 Å². The summed E-state index contributed by atoms with van der Waals surface area (Å²) in [6.07, 6.45) is -1.18. The van der Waals surface area contributed by atoms with Crippen LogP contribution in [0.2, 0.25) is 0 Å². The molecule has 120 valence electrons. The lowest BCUT2D eigenvalue weighted by Crippen LogP contribution is -2.27. The second kappa shape index (κ2) is 5.64. The maximum absolute atomic E-state index is 14.8. The van der Waals surface area contributed by atoms with Crippen molar-refractivity contribution in [3.8, 4) is 16.9 Å². The molecule has 7 heteroatoms. The van der Waals surface area contributed by atoms with Gasteiger partial charge in [0.05, 0.1) is 16.7 Å². The van der Waals surface area contributed by atoms with Crippen molar-refractivity contribution in [2.75, 3.05) is 11.5 Å². The quantitative estimate of drug-likeness (QED) is 0.252. The van der Waals surface area contributed by atoms with E-state index in [9.17, 15) is 9.50 Å². The van der Waals surface area contributed by atoms with Crippen LogP contribution in [0.5, 0.6) is 5.75 Å². The lowest BCUT2D eigenvalue weighted by atomic mass is 9.96. The van der Waals surface area contributed by atoms with Crippen LogP contribution in [-0.4, -0.2) is 11.1 Å². The van der Waals surface area contributed by atoms with Gasteiger partial charge in [0.15, 0.2) is 0 Å². The monoisotopic (exact) mass is 426 g/mol. The lowest BCUT2D eigenvalue weighted by Gasteiger charge is -2.14. The minimum atomic E-state index is -1.45. The van der Waals surface area contributed by atoms with Crippen molar-refractivity contribution < 1.29 is 9.50 Å². The smallest absolute Gasteiger partial charge is 0.147 e. The second-order valence-electron chi connectivity index (χ2n) is 5.64. The van der Waals surface area contributed by atoms with Gasteiger partial charge < -0.3 is 22.3 Å². The van der Waals surface area contributed by atoms with Crippen molar-refractivity contribution in [1.29, 1.82) is 5.41 Å². The molecule has 0 fully saturated rings. The summed E-state index contributed by atoms with van der Waals surface area (Å²) in [4.78, 5) is 0. The normalized spacial score (nSPS) is 19.6. The van der Waals surface area contributed by atoms with Crippen LogP contribution in [-0.2, 0) is 6.42 Å². The number of anilines is 2. The predicted octanol–water partition coefficient (Wildman–Crippen LogP) is 2.20. The van der Waals surface area contributed by atoms with Gasteiger partial charge in [-0.15, -0.1) is 0 Å². The number of benzene rings is 1. The average molecular weight is 426 g/mol. The first kappa shape index (κ1) is 16.0. The predicted molar refractivity (Wildman–Crippen MR) is 96.5 cm³/mol. The molecule has 8 N–H and O–H groups in total. The number of nitrogens with two attached hydrogens (primary N) is 3. The SMILES string of the molecule is N=c1ccc2c(cc1N)C(F)C(N)Cc1cc(I)c(N)c(O)c1-2. The zero-order chi connectivity index (χ0) is 16.9. The highest BCUT2D eigenvalue weighted by Crippen LogP contribution is 2.46. The molecule has 2 atom stereocenters. The van der Waals surface area contributed by atoms with Gasteiger partial charge in [-0.1, -0.05) is 6.07 Å². The van der Waals surface area contributed by atoms with Crippen molar-refractivity contribution >= 4 is 34.0 Å². The minimum Gasteiger partial charge on any atom is -0.505 e. The highest BCUT2D eigenvalue weighted by Gasteiger charge is 2.30. The Bertz CT molecular complexity index is 872. The van der Waals surface area contributed by atoms with Crippen molar-refractivity contribution in [3.05, 3.63) is 44.3 Å². The first-order valence-corrected chi connectivity index (χ1v) is 8.07. The summed E-state index contributed by atoms with van der Waals surface area (Å²) in [6.45, 7) is 0. The highest BCUT2D eigenvalue weighted by atomic mass is 127. The van der Waals surface area contributed by atoms with Crippen LogP contribution in [0.3, 0.4) is 0 Å². The maximum Gasteiger partial charge on any atom is 0.147 e. The van der Waals surface area contributed by atoms with Crippen LogP contribution in [0, 0.1) is 8.98 Å². The summed E-state index contributed by atoms with van der Waals surface area (Å²) in [5.74, 6) is -0.0919. The van der Waals surface area contributed by atoms with E-state index in [0.29, 0.717) is 14.7 Å². The summed E-state index contributed by atoms with van der Waals surface area (Å²) in [6, 6.07) is 5.53. The molecule has 23 heavy (non-hydrogen) atoms. The minimum absolute atomic E-state index is 0.0818. The number of halogens is 2. The van der Waals surface area contributed by atoms with Crippen LogP contribution in [0.4, 0.5) is 15.8 Å². The Labute approximate surface area is 146 Å². The van der Waals surface area contributed by atoms with Crippen LogP contribution in [0.1, 0.15) is 17.3 Å². The number of phenolic OH excluding ortho intramolecular Hbond substituents is 1. The number of nitrogens with one attached hydrogen (secondary N) is 1. The molecule has 3 rings (SSSR count). The van der Waals surface area contributed by atoms with Crippen molar-refractivity contribution in [1.82, 2.24) is 0 Å². The molecule has 5 nitrogen and oxygen atoms in total. The third-order valence-corrected chi connectivity index (χ3v) is 5.01. The Morgan fingerprint density at radius 1 is 1.26 bits per heavy atom. The molecule has 1 aliphatic rings. The number of phenols is 1. The number of hydrogen-bond acceptors (Lipinski definition) is 5. The largest absolute Gasteiger partial charge is 0.505 e. The molecule has 0 saturated carbocycles. The fraction of sp³-hybridized carbons (Fsp3) is 0.188. The van der Waals surface area contributed by atoms with Crippen LogP contribution in [0.25, 0.3) is 11.1 Å². The van der Waals surface area contributed by atoms with Crippen molar-refractivity contribution in [2.45, 2.75) is 18.6 Å². The molecule has 0 aliphatic heterocycles. The van der Waals surface area contributed by atoms with Gasteiger partial charge in [-0.3, -0.25) is 5.41 Å². The van der Waals surface area contributed by atoms with Gasteiger partial charge in [0, 0.05) is 15.2 Å². The lowest BCUT2D eigenvalue weighted by molar-refractivity contribution is 0.289. The van der Waals surface area contributed by atoms with Crippen LogP contribution < -0.4 is 22.6 Å². The van der Waals surface area contributed by atoms with E-state index >= 15 is 0 Å². The fourth-order valence-corrected chi connectivity index (χ4v) is 3.52. The number of alkyl halides is 1. The molecule has 2 unspecified atom stereocenters. The molecule has 2 aromatic rings. The molecule has 0 aromatic heterocycles. The number of aromatic hydroxyl groups is 1. The van der Waals surface area contributed by atoms with Gasteiger partial charge in [-0.05, 0) is 63.9 Å². The van der Waals surface area contributed by atoms with E-state index in [-0.39, 0.29) is 34.5 Å². The third kappa shape index (κ3) is 2.53. The third-order valence-electron chi connectivity index (χ3n) is 4.12. The van der Waals surface area contributed by atoms with Gasteiger partial charge in [-0.25, -0.2) is 4.39 Å². The summed E-state index contributed by atoms with van der Waals surface area (Å²) < 4.78 is 15.5. The zero-order valence-corrected chi connectivity index (χ0v) is 14.3. The van der Waals surface area contributed by atoms with E-state index < -0.39 is 12.2 Å². The van der Waals surface area contributed by atoms with Crippen molar-refractivity contribution in [3.63, 3.8) is 0 Å². The number of hydrogen-bond donors (Lipinski definition) is 5. The van der Waals surface area contributed by atoms with E-state index in [4.69, 9.17) is 22.6 Å². The first-order valence-electron chi connectivity index (χ1n) is 6.99. The van der Waals surface area contributed by atoms with Crippen LogP contribution in [0.15, 0.2) is 24.3 Å². The van der Waals surface area contributed by atoms with Gasteiger partial charge >= 0.3 is 0 Å². The number of nitrogen functional groups attached to an aromatic ring is 2. The number of rotatable bonds is 0. The van der Waals surface area contributed by atoms with Gasteiger partial charge in [0.1, 0.15) is 11.9 Å². The molecular formula is C16H16FIN4O. The second-order valence-corrected chi connectivity index (χ2v) is 6.80. The Morgan fingerprint density at radius 2 is 1.96 bits per heavy atom. The van der Waals surface area contributed by atoms with E-state index in [1.165, 1.54) is 12.1 Å². The number of fused-ring (bicyclic) bond motifs is 3. The molecule has 1 aliphatic carbocycles. The van der Waals surface area contributed by atoms with Crippen molar-refractivity contribution in [2.24, 2.45) is 5.73 Å². The summed E-state index contributed by atoms with van der Waals surface area (Å²) in [5.41, 5.74) is 20.1. The van der Waals surface area contributed by atoms with Crippen LogP contribution >= 0.6 is 22.6 Å². The molecule has 0 spiro atoms. The van der Waals surface area contributed by atoms with E-state index in [2.05, 4.69) is 0 Å². The summed E-state index contributed by atoms with van der Waals surface area (Å²) >= 11 is 2.02. The molecule has 0 bridgehead atoms. The Kier molecular flexibility index (Phi) is 3.93. The van der Waals surface area contributed by atoms with Gasteiger partial charge in [0.25, 0.3) is 0 Å². The molecule has 2 aromatic carbocycles. The standard InChI is InChI=1S/C16H16FIN4O/c17-14-8-5-11(20)10(19)2-1-7(8)13-6(4-12(14)21)3-9(18)15(22)16(13)23/h1-3,5,12,14,23H,4,21-22H2,(H3,19,20). The van der Waals surface area contributed by atoms with Gasteiger partial charge in [-0.2, -0.15) is 0 Å².